The van der Waals surface area contributed by atoms with Crippen molar-refractivity contribution >= 4 is 23.8 Å². The van der Waals surface area contributed by atoms with Crippen molar-refractivity contribution in [1.29, 1.82) is 0 Å². The van der Waals surface area contributed by atoms with Crippen LogP contribution in [0.15, 0.2) is 11.8 Å². The summed E-state index contributed by atoms with van der Waals surface area (Å²) in [5, 5.41) is 19.2. The zero-order valence-electron chi connectivity index (χ0n) is 9.63. The highest BCUT2D eigenvalue weighted by molar-refractivity contribution is 6.29. The van der Waals surface area contributed by atoms with Crippen LogP contribution in [0, 0.1) is 0 Å². The quantitative estimate of drug-likeness (QED) is 0.253. The van der Waals surface area contributed by atoms with E-state index in [-0.39, 0.29) is 18.9 Å². The molecule has 0 aromatic heterocycles. The number of rotatable bonds is 6. The minimum atomic E-state index is -1.91. The van der Waals surface area contributed by atoms with Crippen LogP contribution in [0.5, 0.6) is 0 Å². The van der Waals surface area contributed by atoms with Crippen molar-refractivity contribution < 1.29 is 34.1 Å². The van der Waals surface area contributed by atoms with E-state index in [1.54, 1.807) is 6.92 Å². The van der Waals surface area contributed by atoms with Crippen molar-refractivity contribution in [2.75, 3.05) is 6.54 Å². The Morgan fingerprint density at radius 1 is 1.17 bits per heavy atom. The van der Waals surface area contributed by atoms with Gasteiger partial charge in [0.05, 0.1) is 0 Å². The summed E-state index contributed by atoms with van der Waals surface area (Å²) in [5.74, 6) is -6.35. The molecule has 0 fully saturated rings. The number of carbonyl (C=O) groups is 4. The number of hydrogen-bond donors (Lipinski definition) is 3. The summed E-state index contributed by atoms with van der Waals surface area (Å²) in [5.41, 5.74) is 0. The van der Waals surface area contributed by atoms with Crippen LogP contribution in [-0.2, 0) is 23.9 Å². The summed E-state index contributed by atoms with van der Waals surface area (Å²) in [7, 11) is 0. The van der Waals surface area contributed by atoms with Crippen molar-refractivity contribution in [3.63, 3.8) is 0 Å². The fraction of sp³-hybridized carbons (Fsp3) is 0.400. The molecule has 0 saturated heterocycles. The number of carboxylic acids is 2. The molecule has 0 saturated carbocycles. The number of ether oxygens (including phenoxy) is 1. The molecule has 0 aromatic carbocycles. The number of amides is 1. The van der Waals surface area contributed by atoms with Gasteiger partial charge in [-0.2, -0.15) is 0 Å². The Morgan fingerprint density at radius 3 is 2.22 bits per heavy atom. The van der Waals surface area contributed by atoms with Crippen LogP contribution >= 0.6 is 0 Å². The first-order chi connectivity index (χ1) is 8.38. The minimum Gasteiger partial charge on any atom is -0.475 e. The zero-order valence-corrected chi connectivity index (χ0v) is 9.63. The van der Waals surface area contributed by atoms with Crippen molar-refractivity contribution in [3.05, 3.63) is 11.8 Å². The van der Waals surface area contributed by atoms with Gasteiger partial charge in [-0.1, -0.05) is 6.92 Å². The van der Waals surface area contributed by atoms with Crippen molar-refractivity contribution in [2.24, 2.45) is 0 Å². The van der Waals surface area contributed by atoms with Crippen molar-refractivity contribution in [3.8, 4) is 0 Å². The van der Waals surface area contributed by atoms with Gasteiger partial charge in [0.15, 0.2) is 0 Å². The normalized spacial score (nSPS) is 10.6. The molecule has 0 spiro atoms. The Hall–Kier alpha value is -2.38. The number of aliphatic carboxylic acids is 2. The topological polar surface area (TPSA) is 130 Å². The average Bonchev–Trinajstić information content (AvgIpc) is 2.27. The largest absolute Gasteiger partial charge is 0.475 e. The van der Waals surface area contributed by atoms with E-state index in [0.29, 0.717) is 6.42 Å². The SMILES string of the molecule is CCCC(=O)NCC=C(OC(=O)C(=O)O)C(=O)O. The van der Waals surface area contributed by atoms with E-state index in [1.807, 2.05) is 0 Å². The highest BCUT2D eigenvalue weighted by Crippen LogP contribution is 1.98. The number of nitrogens with one attached hydrogen (secondary N) is 1. The Balaban J connectivity index is 4.43. The predicted octanol–water partition coefficient (Wildman–Crippen LogP) is -0.501. The highest BCUT2D eigenvalue weighted by Gasteiger charge is 2.19. The molecule has 3 N–H and O–H groups in total. The first-order valence-electron chi connectivity index (χ1n) is 5.03. The van der Waals surface area contributed by atoms with Crippen LogP contribution < -0.4 is 5.32 Å². The molecule has 0 atom stereocenters. The molecule has 0 aliphatic rings. The Kier molecular flexibility index (Phi) is 6.79. The third-order valence-corrected chi connectivity index (χ3v) is 1.65. The van der Waals surface area contributed by atoms with Gasteiger partial charge in [-0.15, -0.1) is 0 Å². The lowest BCUT2D eigenvalue weighted by Gasteiger charge is -2.03. The predicted molar refractivity (Wildman–Crippen MR) is 57.4 cm³/mol. The lowest BCUT2D eigenvalue weighted by molar-refractivity contribution is -0.163. The third-order valence-electron chi connectivity index (χ3n) is 1.65. The van der Waals surface area contributed by atoms with E-state index in [4.69, 9.17) is 10.2 Å². The second kappa shape index (κ2) is 7.82. The molecule has 0 aliphatic heterocycles. The zero-order chi connectivity index (χ0) is 14.1. The van der Waals surface area contributed by atoms with Crippen LogP contribution in [0.2, 0.25) is 0 Å². The Bertz CT molecular complexity index is 386. The summed E-state index contributed by atoms with van der Waals surface area (Å²) in [4.78, 5) is 42.4. The maximum absolute atomic E-state index is 11.0. The molecular weight excluding hydrogens is 246 g/mol. The summed E-state index contributed by atoms with van der Waals surface area (Å²) in [6.45, 7) is 1.63. The molecule has 0 aliphatic carbocycles. The molecule has 0 unspecified atom stereocenters. The van der Waals surface area contributed by atoms with Crippen LogP contribution in [0.3, 0.4) is 0 Å². The first kappa shape index (κ1) is 15.6. The molecule has 1 amide bonds. The van der Waals surface area contributed by atoms with E-state index < -0.39 is 23.7 Å². The second-order valence-corrected chi connectivity index (χ2v) is 3.12. The van der Waals surface area contributed by atoms with Gasteiger partial charge < -0.3 is 20.3 Å². The number of esters is 1. The molecular formula is C10H13NO7. The first-order valence-corrected chi connectivity index (χ1v) is 5.03. The number of hydrogen-bond acceptors (Lipinski definition) is 5. The monoisotopic (exact) mass is 259 g/mol. The fourth-order valence-electron chi connectivity index (χ4n) is 0.889. The van der Waals surface area contributed by atoms with Gasteiger partial charge in [-0.3, -0.25) is 4.79 Å². The molecule has 100 valence electrons. The summed E-state index contributed by atoms with van der Waals surface area (Å²) < 4.78 is 4.09. The van der Waals surface area contributed by atoms with Gasteiger partial charge in [0.2, 0.25) is 11.7 Å². The smallest absolute Gasteiger partial charge is 0.422 e. The van der Waals surface area contributed by atoms with Crippen molar-refractivity contribution in [2.45, 2.75) is 19.8 Å². The molecule has 0 aromatic rings. The average molecular weight is 259 g/mol. The number of carbonyl (C=O) groups excluding carboxylic acids is 2. The molecule has 0 bridgehead atoms. The molecule has 8 nitrogen and oxygen atoms in total. The van der Waals surface area contributed by atoms with Gasteiger partial charge in [-0.05, 0) is 12.5 Å². The van der Waals surface area contributed by atoms with Crippen LogP contribution in [0.25, 0.3) is 0 Å². The summed E-state index contributed by atoms with van der Waals surface area (Å²) in [6.07, 6.45) is 1.82. The van der Waals surface area contributed by atoms with Gasteiger partial charge in [-0.25, -0.2) is 14.4 Å². The van der Waals surface area contributed by atoms with Crippen LogP contribution in [0.4, 0.5) is 0 Å². The third kappa shape index (κ3) is 6.26. The van der Waals surface area contributed by atoms with Crippen LogP contribution in [-0.4, -0.2) is 40.6 Å². The van der Waals surface area contributed by atoms with Gasteiger partial charge >= 0.3 is 17.9 Å². The fourth-order valence-corrected chi connectivity index (χ4v) is 0.889. The molecule has 8 heteroatoms. The maximum atomic E-state index is 11.0. The second-order valence-electron chi connectivity index (χ2n) is 3.12. The van der Waals surface area contributed by atoms with Gasteiger partial charge in [0.1, 0.15) is 0 Å². The summed E-state index contributed by atoms with van der Waals surface area (Å²) in [6, 6.07) is 0. The van der Waals surface area contributed by atoms with E-state index in [2.05, 4.69) is 10.1 Å². The van der Waals surface area contributed by atoms with Gasteiger partial charge in [0, 0.05) is 13.0 Å². The minimum absolute atomic E-state index is 0.173. The molecule has 18 heavy (non-hydrogen) atoms. The van der Waals surface area contributed by atoms with E-state index in [1.165, 1.54) is 0 Å². The Labute approximate surface area is 102 Å². The Morgan fingerprint density at radius 2 is 1.78 bits per heavy atom. The molecule has 0 radical (unpaired) electrons. The van der Waals surface area contributed by atoms with Crippen molar-refractivity contribution in [1.82, 2.24) is 5.32 Å². The molecule has 0 heterocycles. The van der Waals surface area contributed by atoms with E-state index in [0.717, 1.165) is 6.08 Å². The summed E-state index contributed by atoms with van der Waals surface area (Å²) >= 11 is 0. The van der Waals surface area contributed by atoms with Gasteiger partial charge in [0.25, 0.3) is 0 Å². The van der Waals surface area contributed by atoms with E-state index in [9.17, 15) is 19.2 Å². The molecule has 0 rings (SSSR count). The highest BCUT2D eigenvalue weighted by atomic mass is 16.6. The lowest BCUT2D eigenvalue weighted by Crippen LogP contribution is -2.24. The van der Waals surface area contributed by atoms with E-state index >= 15 is 0 Å². The lowest BCUT2D eigenvalue weighted by atomic mass is 10.3. The van der Waals surface area contributed by atoms with Crippen LogP contribution in [0.1, 0.15) is 19.8 Å². The number of carboxylic acid groups (broad SMARTS) is 2. The standard InChI is InChI=1S/C10H13NO7/c1-2-3-7(12)11-5-4-6(8(13)14)18-10(17)9(15)16/h4H,2-3,5H2,1H3,(H,11,12)(H,13,14)(H,15,16). The maximum Gasteiger partial charge on any atom is 0.422 e.